The van der Waals surface area contributed by atoms with Gasteiger partial charge in [0.25, 0.3) is 0 Å². The van der Waals surface area contributed by atoms with E-state index in [0.29, 0.717) is 10.0 Å². The molecule has 0 aliphatic carbocycles. The smallest absolute Gasteiger partial charge is 0.137 e. The highest BCUT2D eigenvalue weighted by molar-refractivity contribution is 9.10. The molecule has 0 heterocycles. The van der Waals surface area contributed by atoms with Crippen molar-refractivity contribution < 1.29 is 4.39 Å². The molecule has 4 heteroatoms. The molecule has 2 aromatic rings. The first kappa shape index (κ1) is 13.6. The van der Waals surface area contributed by atoms with Gasteiger partial charge in [-0.1, -0.05) is 12.1 Å². The Kier molecular flexibility index (Phi) is 4.18. The molecule has 0 saturated carbocycles. The molecule has 2 nitrogen and oxygen atoms in total. The van der Waals surface area contributed by atoms with Crippen molar-refractivity contribution in [3.05, 3.63) is 63.9 Å². The van der Waals surface area contributed by atoms with Gasteiger partial charge in [0.05, 0.1) is 16.1 Å². The molecule has 0 spiro atoms. The van der Waals surface area contributed by atoms with Gasteiger partial charge in [0.15, 0.2) is 0 Å². The molecule has 19 heavy (non-hydrogen) atoms. The quantitative estimate of drug-likeness (QED) is 0.895. The maximum Gasteiger partial charge on any atom is 0.137 e. The molecule has 96 valence electrons. The van der Waals surface area contributed by atoms with Crippen LogP contribution in [0.2, 0.25) is 0 Å². The van der Waals surface area contributed by atoms with Gasteiger partial charge in [0.1, 0.15) is 5.82 Å². The second kappa shape index (κ2) is 5.85. The van der Waals surface area contributed by atoms with Crippen molar-refractivity contribution >= 4 is 21.6 Å². The Bertz CT molecular complexity index is 634. The van der Waals surface area contributed by atoms with Gasteiger partial charge in [-0.25, -0.2) is 4.39 Å². The third-order valence-corrected chi connectivity index (χ3v) is 3.43. The van der Waals surface area contributed by atoms with E-state index in [1.165, 1.54) is 6.07 Å². The predicted molar refractivity (Wildman–Crippen MR) is 77.3 cm³/mol. The topological polar surface area (TPSA) is 35.8 Å². The summed E-state index contributed by atoms with van der Waals surface area (Å²) in [5.41, 5.74) is 2.44. The molecular formula is C15H12BrFN2. The highest BCUT2D eigenvalue weighted by atomic mass is 79.9. The first-order valence-corrected chi connectivity index (χ1v) is 6.61. The lowest BCUT2D eigenvalue weighted by molar-refractivity contribution is 0.619. The van der Waals surface area contributed by atoms with Gasteiger partial charge in [0.2, 0.25) is 0 Å². The van der Waals surface area contributed by atoms with Crippen LogP contribution in [0.5, 0.6) is 0 Å². The molecule has 2 rings (SSSR count). The standard InChI is InChI=1S/C15H12BrFN2/c1-10(12-5-6-15(17)14(16)8-12)19-13-4-2-3-11(7-13)9-18/h2-8,10,19H,1H3. The average Bonchev–Trinajstić information content (AvgIpc) is 2.42. The first-order valence-electron chi connectivity index (χ1n) is 5.82. The summed E-state index contributed by atoms with van der Waals surface area (Å²) in [6.07, 6.45) is 0. The van der Waals surface area contributed by atoms with E-state index in [2.05, 4.69) is 27.3 Å². The van der Waals surface area contributed by atoms with Crippen LogP contribution in [-0.4, -0.2) is 0 Å². The summed E-state index contributed by atoms with van der Waals surface area (Å²) in [5, 5.41) is 12.1. The van der Waals surface area contributed by atoms with Crippen molar-refractivity contribution in [3.8, 4) is 6.07 Å². The van der Waals surface area contributed by atoms with Crippen LogP contribution in [-0.2, 0) is 0 Å². The van der Waals surface area contributed by atoms with Crippen LogP contribution >= 0.6 is 15.9 Å². The van der Waals surface area contributed by atoms with Gasteiger partial charge in [-0.2, -0.15) is 5.26 Å². The van der Waals surface area contributed by atoms with E-state index in [4.69, 9.17) is 5.26 Å². The van der Waals surface area contributed by atoms with Crippen LogP contribution < -0.4 is 5.32 Å². The van der Waals surface area contributed by atoms with Gasteiger partial charge in [-0.05, 0) is 58.7 Å². The third kappa shape index (κ3) is 3.33. The molecule has 1 unspecified atom stereocenters. The van der Waals surface area contributed by atoms with Crippen LogP contribution in [0.3, 0.4) is 0 Å². The first-order chi connectivity index (χ1) is 9.10. The van der Waals surface area contributed by atoms with Gasteiger partial charge in [-0.15, -0.1) is 0 Å². The third-order valence-electron chi connectivity index (χ3n) is 2.82. The number of nitriles is 1. The minimum Gasteiger partial charge on any atom is -0.378 e. The largest absolute Gasteiger partial charge is 0.378 e. The SMILES string of the molecule is CC(Nc1cccc(C#N)c1)c1ccc(F)c(Br)c1. The predicted octanol–water partition coefficient (Wildman–Crippen LogP) is 4.63. The summed E-state index contributed by atoms with van der Waals surface area (Å²) < 4.78 is 13.6. The number of benzene rings is 2. The van der Waals surface area contributed by atoms with Gasteiger partial charge in [0, 0.05) is 11.7 Å². The molecule has 0 aliphatic heterocycles. The van der Waals surface area contributed by atoms with Crippen molar-refractivity contribution in [2.24, 2.45) is 0 Å². The summed E-state index contributed by atoms with van der Waals surface area (Å²) in [5.74, 6) is -0.276. The van der Waals surface area contributed by atoms with Gasteiger partial charge in [-0.3, -0.25) is 0 Å². The number of anilines is 1. The molecule has 1 atom stereocenters. The van der Waals surface area contributed by atoms with Crippen LogP contribution in [0.1, 0.15) is 24.1 Å². The highest BCUT2D eigenvalue weighted by Gasteiger charge is 2.08. The maximum atomic E-state index is 13.2. The molecular weight excluding hydrogens is 307 g/mol. The second-order valence-electron chi connectivity index (χ2n) is 4.23. The zero-order chi connectivity index (χ0) is 13.8. The Morgan fingerprint density at radius 1 is 1.26 bits per heavy atom. The highest BCUT2D eigenvalue weighted by Crippen LogP contribution is 2.24. The summed E-state index contributed by atoms with van der Waals surface area (Å²) in [6.45, 7) is 1.98. The number of halogens is 2. The van der Waals surface area contributed by atoms with Gasteiger partial charge >= 0.3 is 0 Å². The fourth-order valence-electron chi connectivity index (χ4n) is 1.79. The van der Waals surface area contributed by atoms with Crippen LogP contribution in [0.25, 0.3) is 0 Å². The van der Waals surface area contributed by atoms with Crippen LogP contribution in [0.15, 0.2) is 46.9 Å². The lowest BCUT2D eigenvalue weighted by Gasteiger charge is -2.16. The monoisotopic (exact) mass is 318 g/mol. The zero-order valence-electron chi connectivity index (χ0n) is 10.3. The molecule has 2 aromatic carbocycles. The van der Waals surface area contributed by atoms with E-state index in [0.717, 1.165) is 11.3 Å². The second-order valence-corrected chi connectivity index (χ2v) is 5.09. The Morgan fingerprint density at radius 2 is 2.05 bits per heavy atom. The minimum absolute atomic E-state index is 0.0193. The molecule has 0 aliphatic rings. The van der Waals surface area contributed by atoms with Gasteiger partial charge < -0.3 is 5.32 Å². The Morgan fingerprint density at radius 3 is 2.74 bits per heavy atom. The van der Waals surface area contributed by atoms with Crippen LogP contribution in [0.4, 0.5) is 10.1 Å². The normalized spacial score (nSPS) is 11.7. The van der Waals surface area contributed by atoms with E-state index in [1.807, 2.05) is 19.1 Å². The molecule has 0 saturated heterocycles. The van der Waals surface area contributed by atoms with Crippen LogP contribution in [0, 0.1) is 17.1 Å². The number of rotatable bonds is 3. The van der Waals surface area contributed by atoms with E-state index in [9.17, 15) is 4.39 Å². The Balaban J connectivity index is 2.18. The summed E-state index contributed by atoms with van der Waals surface area (Å²) >= 11 is 3.18. The van der Waals surface area contributed by atoms with E-state index in [-0.39, 0.29) is 11.9 Å². The fraction of sp³-hybridized carbons (Fsp3) is 0.133. The maximum absolute atomic E-state index is 13.2. The lowest BCUT2D eigenvalue weighted by Crippen LogP contribution is -2.06. The molecule has 1 N–H and O–H groups in total. The number of hydrogen-bond donors (Lipinski definition) is 1. The molecule has 0 fully saturated rings. The Labute approximate surface area is 120 Å². The average molecular weight is 319 g/mol. The Hall–Kier alpha value is -1.86. The van der Waals surface area contributed by atoms with Crippen molar-refractivity contribution in [3.63, 3.8) is 0 Å². The number of nitrogens with zero attached hydrogens (tertiary/aromatic N) is 1. The van der Waals surface area contributed by atoms with E-state index < -0.39 is 0 Å². The van der Waals surface area contributed by atoms with Crippen molar-refractivity contribution in [1.82, 2.24) is 0 Å². The van der Waals surface area contributed by atoms with Crippen molar-refractivity contribution in [2.45, 2.75) is 13.0 Å². The molecule has 0 bridgehead atoms. The lowest BCUT2D eigenvalue weighted by atomic mass is 10.1. The molecule has 0 radical (unpaired) electrons. The van der Waals surface area contributed by atoms with E-state index >= 15 is 0 Å². The van der Waals surface area contributed by atoms with Crippen molar-refractivity contribution in [1.29, 1.82) is 5.26 Å². The number of nitrogens with one attached hydrogen (secondary N) is 1. The number of hydrogen-bond acceptors (Lipinski definition) is 2. The summed E-state index contributed by atoms with van der Waals surface area (Å²) in [4.78, 5) is 0. The summed E-state index contributed by atoms with van der Waals surface area (Å²) in [6, 6.07) is 14.3. The summed E-state index contributed by atoms with van der Waals surface area (Å²) in [7, 11) is 0. The minimum atomic E-state index is -0.276. The van der Waals surface area contributed by atoms with Crippen molar-refractivity contribution in [2.75, 3.05) is 5.32 Å². The van der Waals surface area contributed by atoms with E-state index in [1.54, 1.807) is 24.3 Å². The molecule has 0 amide bonds. The molecule has 0 aromatic heterocycles. The fourth-order valence-corrected chi connectivity index (χ4v) is 2.19. The zero-order valence-corrected chi connectivity index (χ0v) is 11.9.